The van der Waals surface area contributed by atoms with Crippen LogP contribution in [0, 0.1) is 16.7 Å². The Bertz CT molecular complexity index is 664. The largest absolute Gasteiger partial charge is 0.398 e. The molecule has 0 aliphatic rings. The Hall–Kier alpha value is -2.07. The van der Waals surface area contributed by atoms with Gasteiger partial charge in [-0.3, -0.25) is 5.84 Å². The number of nitriles is 1. The predicted molar refractivity (Wildman–Crippen MR) is 116 cm³/mol. The third-order valence-corrected chi connectivity index (χ3v) is 3.77. The van der Waals surface area contributed by atoms with Crippen LogP contribution in [0.4, 0.5) is 11.4 Å². The number of halogens is 1. The molecule has 0 spiro atoms. The Morgan fingerprint density at radius 1 is 1.42 bits per heavy atom. The van der Waals surface area contributed by atoms with E-state index in [9.17, 15) is 0 Å². The molecule has 0 bridgehead atoms. The van der Waals surface area contributed by atoms with Crippen molar-refractivity contribution >= 4 is 27.3 Å². The zero-order chi connectivity index (χ0) is 20.2. The quantitative estimate of drug-likeness (QED) is 0.208. The van der Waals surface area contributed by atoms with Crippen molar-refractivity contribution < 1.29 is 0 Å². The van der Waals surface area contributed by atoms with E-state index in [1.165, 1.54) is 0 Å². The summed E-state index contributed by atoms with van der Waals surface area (Å²) in [6.45, 7) is 11.6. The van der Waals surface area contributed by atoms with E-state index in [0.29, 0.717) is 23.2 Å². The molecule has 0 aliphatic carbocycles. The van der Waals surface area contributed by atoms with Crippen LogP contribution in [0.5, 0.6) is 0 Å². The van der Waals surface area contributed by atoms with Gasteiger partial charge in [-0.1, -0.05) is 45.6 Å². The Balaban J connectivity index is 0.000000660. The normalized spacial score (nSPS) is 11.7. The minimum absolute atomic E-state index is 0.323. The van der Waals surface area contributed by atoms with Gasteiger partial charge in [-0.05, 0) is 45.6 Å². The van der Waals surface area contributed by atoms with Crippen molar-refractivity contribution in [2.75, 3.05) is 31.2 Å². The molecule has 5 N–H and O–H groups in total. The van der Waals surface area contributed by atoms with Crippen LogP contribution < -0.4 is 16.9 Å². The molecule has 1 aromatic carbocycles. The van der Waals surface area contributed by atoms with E-state index in [-0.39, 0.29) is 0 Å². The monoisotopic (exact) mass is 419 g/mol. The van der Waals surface area contributed by atoms with Gasteiger partial charge in [0.2, 0.25) is 0 Å². The molecule has 0 aromatic heterocycles. The number of allylic oxidation sites excluding steroid dienone is 4. The Labute approximate surface area is 166 Å². The number of nitrogens with zero attached hydrogens (tertiary/aromatic N) is 2. The fourth-order valence-corrected chi connectivity index (χ4v) is 2.45. The highest BCUT2D eigenvalue weighted by Gasteiger charge is 2.10. The number of benzene rings is 1. The molecule has 1 rings (SSSR count). The molecular formula is C20H30BrN5. The minimum Gasteiger partial charge on any atom is -0.398 e. The maximum absolute atomic E-state index is 8.79. The van der Waals surface area contributed by atoms with E-state index in [0.717, 1.165) is 16.7 Å². The van der Waals surface area contributed by atoms with Gasteiger partial charge in [0.25, 0.3) is 0 Å². The molecule has 0 atom stereocenters. The SMILES string of the molecule is C=C/C=C(C#N)\C=C\CNc1cccc(N)c1Br.CN(N)CC(C)(C)C. The fraction of sp³-hybridized carbons (Fsp3) is 0.350. The number of hydrogen-bond donors (Lipinski definition) is 3. The van der Waals surface area contributed by atoms with Crippen molar-refractivity contribution in [3.63, 3.8) is 0 Å². The van der Waals surface area contributed by atoms with Crippen LogP contribution in [0.25, 0.3) is 0 Å². The number of rotatable bonds is 6. The van der Waals surface area contributed by atoms with Crippen LogP contribution >= 0.6 is 15.9 Å². The third-order valence-electron chi connectivity index (χ3n) is 2.89. The lowest BCUT2D eigenvalue weighted by Crippen LogP contribution is -2.34. The number of nitrogen functional groups attached to an aromatic ring is 1. The van der Waals surface area contributed by atoms with Crippen molar-refractivity contribution in [2.45, 2.75) is 20.8 Å². The first-order valence-corrected chi connectivity index (χ1v) is 9.03. The minimum atomic E-state index is 0.323. The first kappa shape index (κ1) is 23.9. The standard InChI is InChI=1S/C14H14BrN3.C6H16N2/c1-2-5-11(10-16)6-4-9-18-13-8-3-7-12(17)14(13)15;1-6(2,3)5-8(4)7/h2-8,18H,1,9,17H2;5,7H2,1-4H3/b6-4+,11-5+;. The maximum atomic E-state index is 8.79. The van der Waals surface area contributed by atoms with Crippen molar-refractivity contribution in [2.24, 2.45) is 11.3 Å². The van der Waals surface area contributed by atoms with Gasteiger partial charge in [0.15, 0.2) is 0 Å². The van der Waals surface area contributed by atoms with Gasteiger partial charge < -0.3 is 11.1 Å². The summed E-state index contributed by atoms with van der Waals surface area (Å²) in [5.74, 6) is 5.41. The van der Waals surface area contributed by atoms with Gasteiger partial charge in [-0.25, -0.2) is 5.01 Å². The smallest absolute Gasteiger partial charge is 0.0991 e. The summed E-state index contributed by atoms with van der Waals surface area (Å²) in [6.07, 6.45) is 6.86. The van der Waals surface area contributed by atoms with Gasteiger partial charge in [0, 0.05) is 25.8 Å². The lowest BCUT2D eigenvalue weighted by atomic mass is 9.97. The summed E-state index contributed by atoms with van der Waals surface area (Å²) < 4.78 is 0.848. The van der Waals surface area contributed by atoms with Crippen molar-refractivity contribution in [3.05, 3.63) is 59.1 Å². The molecule has 26 heavy (non-hydrogen) atoms. The molecule has 5 nitrogen and oxygen atoms in total. The maximum Gasteiger partial charge on any atom is 0.0991 e. The number of hydrazine groups is 1. The lowest BCUT2D eigenvalue weighted by molar-refractivity contribution is 0.232. The van der Waals surface area contributed by atoms with Crippen LogP contribution in [-0.4, -0.2) is 25.1 Å². The van der Waals surface area contributed by atoms with Crippen LogP contribution in [0.3, 0.4) is 0 Å². The van der Waals surface area contributed by atoms with E-state index in [4.69, 9.17) is 16.8 Å². The highest BCUT2D eigenvalue weighted by molar-refractivity contribution is 9.10. The molecule has 142 valence electrons. The molecule has 1 aromatic rings. The van der Waals surface area contributed by atoms with Gasteiger partial charge in [-0.15, -0.1) is 0 Å². The second-order valence-corrected chi connectivity index (χ2v) is 7.73. The summed E-state index contributed by atoms with van der Waals surface area (Å²) in [5.41, 5.74) is 8.27. The Morgan fingerprint density at radius 2 is 2.08 bits per heavy atom. The number of hydrogen-bond acceptors (Lipinski definition) is 5. The van der Waals surface area contributed by atoms with Crippen LogP contribution in [0.1, 0.15) is 20.8 Å². The number of nitrogens with one attached hydrogen (secondary N) is 1. The summed E-state index contributed by atoms with van der Waals surface area (Å²) in [7, 11) is 1.88. The number of nitrogens with two attached hydrogens (primary N) is 2. The zero-order valence-corrected chi connectivity index (χ0v) is 17.7. The molecular weight excluding hydrogens is 390 g/mol. The molecule has 6 heteroatoms. The summed E-state index contributed by atoms with van der Waals surface area (Å²) in [6, 6.07) is 7.70. The van der Waals surface area contributed by atoms with Gasteiger partial charge in [0.1, 0.15) is 0 Å². The van der Waals surface area contributed by atoms with Crippen LogP contribution in [0.15, 0.2) is 59.1 Å². The van der Waals surface area contributed by atoms with Crippen LogP contribution in [-0.2, 0) is 0 Å². The first-order chi connectivity index (χ1) is 12.1. The van der Waals surface area contributed by atoms with Gasteiger partial charge >= 0.3 is 0 Å². The van der Waals surface area contributed by atoms with Gasteiger partial charge in [0.05, 0.1) is 21.8 Å². The van der Waals surface area contributed by atoms with Gasteiger partial charge in [-0.2, -0.15) is 5.26 Å². The van der Waals surface area contributed by atoms with E-state index in [2.05, 4.69) is 54.7 Å². The fourth-order valence-electron chi connectivity index (χ4n) is 2.05. The van der Waals surface area contributed by atoms with Crippen LogP contribution in [0.2, 0.25) is 0 Å². The highest BCUT2D eigenvalue weighted by atomic mass is 79.9. The van der Waals surface area contributed by atoms with E-state index in [1.54, 1.807) is 23.2 Å². The second kappa shape index (κ2) is 12.3. The van der Waals surface area contributed by atoms with E-state index in [1.807, 2.05) is 31.3 Å². The summed E-state index contributed by atoms with van der Waals surface area (Å²) in [5, 5.41) is 13.7. The first-order valence-electron chi connectivity index (χ1n) is 8.23. The summed E-state index contributed by atoms with van der Waals surface area (Å²) >= 11 is 3.41. The lowest BCUT2D eigenvalue weighted by Gasteiger charge is -2.22. The molecule has 0 saturated carbocycles. The van der Waals surface area contributed by atoms with E-state index >= 15 is 0 Å². The molecule has 0 unspecified atom stereocenters. The van der Waals surface area contributed by atoms with Crippen molar-refractivity contribution in [3.8, 4) is 6.07 Å². The Kier molecular flexibility index (Phi) is 11.3. The molecule has 0 amide bonds. The highest BCUT2D eigenvalue weighted by Crippen LogP contribution is 2.27. The topological polar surface area (TPSA) is 91.1 Å². The average molecular weight is 420 g/mol. The molecule has 0 fully saturated rings. The summed E-state index contributed by atoms with van der Waals surface area (Å²) in [4.78, 5) is 0. The third kappa shape index (κ3) is 11.5. The molecule has 0 radical (unpaired) electrons. The average Bonchev–Trinajstić information content (AvgIpc) is 2.52. The molecule has 0 heterocycles. The Morgan fingerprint density at radius 3 is 2.54 bits per heavy atom. The van der Waals surface area contributed by atoms with E-state index < -0.39 is 0 Å². The number of anilines is 2. The predicted octanol–water partition coefficient (Wildman–Crippen LogP) is 4.47. The van der Waals surface area contributed by atoms with Crippen molar-refractivity contribution in [1.29, 1.82) is 5.26 Å². The second-order valence-electron chi connectivity index (χ2n) is 6.94. The van der Waals surface area contributed by atoms with Crippen molar-refractivity contribution in [1.82, 2.24) is 5.01 Å². The molecule has 0 aliphatic heterocycles. The zero-order valence-electron chi connectivity index (χ0n) is 16.1. The molecule has 0 saturated heterocycles.